The van der Waals surface area contributed by atoms with E-state index in [1.54, 1.807) is 0 Å². The lowest BCUT2D eigenvalue weighted by atomic mass is 9.99. The van der Waals surface area contributed by atoms with Crippen LogP contribution in [-0.4, -0.2) is 24.4 Å². The van der Waals surface area contributed by atoms with E-state index in [1.807, 2.05) is 50.2 Å². The zero-order chi connectivity index (χ0) is 17.5. The molecule has 4 nitrogen and oxygen atoms in total. The zero-order valence-electron chi connectivity index (χ0n) is 14.4. The third-order valence-corrected chi connectivity index (χ3v) is 3.74. The van der Waals surface area contributed by atoms with Crippen LogP contribution >= 0.6 is 0 Å². The molecule has 0 spiro atoms. The standard InChI is InChI=1S/C20H24N2O2/c1-4-21-20(24)19-7-5-6-18(13-19)17-10-8-16(9-11-17)12-14(2)22-15(3)23/h5-11,13-14H,4,12H2,1-3H3,(H,21,24)(H,22,23). The normalized spacial score (nSPS) is 11.6. The number of carbonyl (C=O) groups excluding carboxylic acids is 2. The smallest absolute Gasteiger partial charge is 0.251 e. The van der Waals surface area contributed by atoms with Gasteiger partial charge in [0.15, 0.2) is 0 Å². The summed E-state index contributed by atoms with van der Waals surface area (Å²) in [6.45, 7) is 6.04. The fourth-order valence-electron chi connectivity index (χ4n) is 2.69. The molecular formula is C20H24N2O2. The monoisotopic (exact) mass is 324 g/mol. The van der Waals surface area contributed by atoms with Crippen molar-refractivity contribution >= 4 is 11.8 Å². The molecule has 1 atom stereocenters. The minimum Gasteiger partial charge on any atom is -0.354 e. The van der Waals surface area contributed by atoms with Crippen LogP contribution in [0.4, 0.5) is 0 Å². The van der Waals surface area contributed by atoms with Gasteiger partial charge < -0.3 is 10.6 Å². The molecule has 24 heavy (non-hydrogen) atoms. The Bertz CT molecular complexity index is 708. The van der Waals surface area contributed by atoms with Crippen LogP contribution in [0.5, 0.6) is 0 Å². The van der Waals surface area contributed by atoms with E-state index in [-0.39, 0.29) is 17.9 Å². The molecule has 4 heteroatoms. The number of nitrogens with one attached hydrogen (secondary N) is 2. The minimum absolute atomic E-state index is 0.0127. The predicted molar refractivity (Wildman–Crippen MR) is 96.9 cm³/mol. The first-order valence-electron chi connectivity index (χ1n) is 8.24. The van der Waals surface area contributed by atoms with Crippen LogP contribution in [0.25, 0.3) is 11.1 Å². The second-order valence-corrected chi connectivity index (χ2v) is 5.94. The summed E-state index contributed by atoms with van der Waals surface area (Å²) >= 11 is 0. The first kappa shape index (κ1) is 17.7. The average Bonchev–Trinajstić information content (AvgIpc) is 2.55. The molecule has 2 aromatic carbocycles. The van der Waals surface area contributed by atoms with Crippen molar-refractivity contribution in [3.8, 4) is 11.1 Å². The summed E-state index contributed by atoms with van der Waals surface area (Å²) in [5, 5.41) is 5.70. The van der Waals surface area contributed by atoms with Crippen molar-refractivity contribution in [2.75, 3.05) is 6.54 Å². The Labute approximate surface area is 143 Å². The maximum atomic E-state index is 11.9. The van der Waals surface area contributed by atoms with Crippen molar-refractivity contribution in [3.63, 3.8) is 0 Å². The summed E-state index contributed by atoms with van der Waals surface area (Å²) in [4.78, 5) is 23.0. The lowest BCUT2D eigenvalue weighted by Gasteiger charge is -2.13. The molecule has 0 aliphatic heterocycles. The van der Waals surface area contributed by atoms with Crippen LogP contribution in [0, 0.1) is 0 Å². The Balaban J connectivity index is 2.12. The number of rotatable bonds is 6. The van der Waals surface area contributed by atoms with Crippen molar-refractivity contribution in [2.45, 2.75) is 33.2 Å². The van der Waals surface area contributed by atoms with E-state index in [1.165, 1.54) is 12.5 Å². The van der Waals surface area contributed by atoms with Crippen LogP contribution in [-0.2, 0) is 11.2 Å². The van der Waals surface area contributed by atoms with E-state index >= 15 is 0 Å². The van der Waals surface area contributed by atoms with E-state index in [2.05, 4.69) is 22.8 Å². The molecule has 0 aliphatic carbocycles. The maximum Gasteiger partial charge on any atom is 0.251 e. The van der Waals surface area contributed by atoms with Crippen LogP contribution in [0.1, 0.15) is 36.7 Å². The SMILES string of the molecule is CCNC(=O)c1cccc(-c2ccc(CC(C)NC(C)=O)cc2)c1. The summed E-state index contributed by atoms with van der Waals surface area (Å²) in [7, 11) is 0. The highest BCUT2D eigenvalue weighted by Gasteiger charge is 2.07. The van der Waals surface area contributed by atoms with Gasteiger partial charge in [0.05, 0.1) is 0 Å². The second-order valence-electron chi connectivity index (χ2n) is 5.94. The summed E-state index contributed by atoms with van der Waals surface area (Å²) < 4.78 is 0. The molecule has 0 aliphatic rings. The Kier molecular flexibility index (Phi) is 6.13. The Morgan fingerprint density at radius 2 is 1.75 bits per heavy atom. The molecule has 0 saturated heterocycles. The molecule has 2 N–H and O–H groups in total. The molecule has 0 fully saturated rings. The molecule has 0 radical (unpaired) electrons. The van der Waals surface area contributed by atoms with Gasteiger partial charge >= 0.3 is 0 Å². The molecule has 0 heterocycles. The number of hydrogen-bond donors (Lipinski definition) is 2. The van der Waals surface area contributed by atoms with Crippen LogP contribution in [0.2, 0.25) is 0 Å². The van der Waals surface area contributed by atoms with Gasteiger partial charge in [0.1, 0.15) is 0 Å². The van der Waals surface area contributed by atoms with Gasteiger partial charge in [-0.05, 0) is 49.1 Å². The molecule has 126 valence electrons. The first-order valence-corrected chi connectivity index (χ1v) is 8.24. The fourth-order valence-corrected chi connectivity index (χ4v) is 2.69. The summed E-state index contributed by atoms with van der Waals surface area (Å²) in [6, 6.07) is 15.9. The molecule has 2 aromatic rings. The molecule has 0 saturated carbocycles. The highest BCUT2D eigenvalue weighted by atomic mass is 16.2. The van der Waals surface area contributed by atoms with Crippen LogP contribution in [0.3, 0.4) is 0 Å². The lowest BCUT2D eigenvalue weighted by molar-refractivity contribution is -0.119. The molecular weight excluding hydrogens is 300 g/mol. The van der Waals surface area contributed by atoms with Crippen molar-refractivity contribution in [3.05, 3.63) is 59.7 Å². The van der Waals surface area contributed by atoms with Gasteiger partial charge in [0, 0.05) is 25.1 Å². The quantitative estimate of drug-likeness (QED) is 0.857. The lowest BCUT2D eigenvalue weighted by Crippen LogP contribution is -2.31. The highest BCUT2D eigenvalue weighted by molar-refractivity contribution is 5.95. The Hall–Kier alpha value is -2.62. The molecule has 2 rings (SSSR count). The van der Waals surface area contributed by atoms with Gasteiger partial charge in [-0.15, -0.1) is 0 Å². The van der Waals surface area contributed by atoms with Crippen molar-refractivity contribution in [2.24, 2.45) is 0 Å². The van der Waals surface area contributed by atoms with Crippen molar-refractivity contribution < 1.29 is 9.59 Å². The van der Waals surface area contributed by atoms with Gasteiger partial charge in [-0.1, -0.05) is 36.4 Å². The number of hydrogen-bond acceptors (Lipinski definition) is 2. The second kappa shape index (κ2) is 8.29. The van der Waals surface area contributed by atoms with Gasteiger partial charge in [-0.3, -0.25) is 9.59 Å². The number of benzene rings is 2. The summed E-state index contributed by atoms with van der Waals surface area (Å²) in [6.07, 6.45) is 0.790. The summed E-state index contributed by atoms with van der Waals surface area (Å²) in [5.74, 6) is -0.0682. The van der Waals surface area contributed by atoms with E-state index < -0.39 is 0 Å². The zero-order valence-corrected chi connectivity index (χ0v) is 14.4. The Morgan fingerprint density at radius 3 is 2.38 bits per heavy atom. The fraction of sp³-hybridized carbons (Fsp3) is 0.300. The average molecular weight is 324 g/mol. The third-order valence-electron chi connectivity index (χ3n) is 3.74. The predicted octanol–water partition coefficient (Wildman–Crippen LogP) is 3.17. The molecule has 0 aromatic heterocycles. The van der Waals surface area contributed by atoms with Gasteiger partial charge in [-0.25, -0.2) is 0 Å². The third kappa shape index (κ3) is 4.95. The van der Waals surface area contributed by atoms with Crippen molar-refractivity contribution in [1.82, 2.24) is 10.6 Å². The number of carbonyl (C=O) groups is 2. The van der Waals surface area contributed by atoms with Gasteiger partial charge in [0.25, 0.3) is 5.91 Å². The molecule has 2 amide bonds. The highest BCUT2D eigenvalue weighted by Crippen LogP contribution is 2.21. The van der Waals surface area contributed by atoms with Gasteiger partial charge in [-0.2, -0.15) is 0 Å². The largest absolute Gasteiger partial charge is 0.354 e. The molecule has 0 bridgehead atoms. The summed E-state index contributed by atoms with van der Waals surface area (Å²) in [5.41, 5.74) is 3.91. The van der Waals surface area contributed by atoms with Crippen LogP contribution < -0.4 is 10.6 Å². The van der Waals surface area contributed by atoms with E-state index in [0.29, 0.717) is 12.1 Å². The first-order chi connectivity index (χ1) is 11.5. The van der Waals surface area contributed by atoms with Crippen molar-refractivity contribution in [1.29, 1.82) is 0 Å². The van der Waals surface area contributed by atoms with E-state index in [0.717, 1.165) is 17.5 Å². The van der Waals surface area contributed by atoms with Gasteiger partial charge in [0.2, 0.25) is 5.91 Å². The number of amides is 2. The van der Waals surface area contributed by atoms with E-state index in [9.17, 15) is 9.59 Å². The maximum absolute atomic E-state index is 11.9. The topological polar surface area (TPSA) is 58.2 Å². The van der Waals surface area contributed by atoms with Crippen LogP contribution in [0.15, 0.2) is 48.5 Å². The Morgan fingerprint density at radius 1 is 1.04 bits per heavy atom. The molecule has 1 unspecified atom stereocenters. The van der Waals surface area contributed by atoms with E-state index in [4.69, 9.17) is 0 Å². The minimum atomic E-state index is -0.0555.